The SMILES string of the molecule is C=C(/C=C\C)COC(=O)N1CCC[C@H]1C(=O)Nc1ccc(CC(=NC)Nc2ccc3ccccc3c2)cc1. The maximum Gasteiger partial charge on any atom is 0.410 e. The first-order chi connectivity index (χ1) is 18.5. The van der Waals surface area contributed by atoms with Crippen LogP contribution in [0.5, 0.6) is 0 Å². The minimum absolute atomic E-state index is 0.105. The number of carbonyl (C=O) groups excluding carboxylic acids is 2. The highest BCUT2D eigenvalue weighted by Gasteiger charge is 2.35. The van der Waals surface area contributed by atoms with Crippen LogP contribution in [0.1, 0.15) is 25.3 Å². The number of amides is 2. The van der Waals surface area contributed by atoms with E-state index in [1.807, 2.05) is 55.5 Å². The van der Waals surface area contributed by atoms with Gasteiger partial charge in [-0.1, -0.05) is 61.2 Å². The van der Waals surface area contributed by atoms with E-state index in [1.165, 1.54) is 15.7 Å². The molecule has 1 heterocycles. The van der Waals surface area contributed by atoms with Crippen LogP contribution < -0.4 is 10.6 Å². The molecule has 0 radical (unpaired) electrons. The van der Waals surface area contributed by atoms with Crippen LogP contribution in [-0.4, -0.2) is 49.0 Å². The molecule has 1 fully saturated rings. The van der Waals surface area contributed by atoms with Crippen LogP contribution in [0.15, 0.2) is 96.0 Å². The van der Waals surface area contributed by atoms with Gasteiger partial charge in [-0.3, -0.25) is 14.7 Å². The number of likely N-dealkylation sites (tertiary alicyclic amines) is 1. The van der Waals surface area contributed by atoms with Crippen LogP contribution in [0, 0.1) is 0 Å². The van der Waals surface area contributed by atoms with Crippen molar-refractivity contribution < 1.29 is 14.3 Å². The standard InChI is InChI=1S/C31H34N4O3/c1-4-8-22(2)21-38-31(37)35-18-7-11-28(35)30(36)34-26-15-12-23(13-16-26)19-29(32-3)33-27-17-14-24-9-5-6-10-25(24)20-27/h4-6,8-10,12-17,20,28H,2,7,11,18-19,21H2,1,3H3,(H,32,33)(H,34,36)/b8-4-/t28-/m0/s1. The molecule has 0 spiro atoms. The smallest absolute Gasteiger partial charge is 0.410 e. The van der Waals surface area contributed by atoms with Gasteiger partial charge in [0.2, 0.25) is 5.91 Å². The number of amidine groups is 1. The number of fused-ring (bicyclic) bond motifs is 1. The molecule has 0 unspecified atom stereocenters. The minimum Gasteiger partial charge on any atom is -0.445 e. The Morgan fingerprint density at radius 2 is 1.79 bits per heavy atom. The number of hydrogen-bond donors (Lipinski definition) is 2. The van der Waals surface area contributed by atoms with Gasteiger partial charge in [0.15, 0.2) is 0 Å². The van der Waals surface area contributed by atoms with Gasteiger partial charge in [0.25, 0.3) is 0 Å². The summed E-state index contributed by atoms with van der Waals surface area (Å²) in [6.07, 6.45) is 5.12. The van der Waals surface area contributed by atoms with E-state index in [0.717, 1.165) is 23.5 Å². The predicted octanol–water partition coefficient (Wildman–Crippen LogP) is 6.19. The Kier molecular flexibility index (Phi) is 8.93. The second kappa shape index (κ2) is 12.7. The van der Waals surface area contributed by atoms with E-state index in [4.69, 9.17) is 4.74 Å². The molecule has 196 valence electrons. The highest BCUT2D eigenvalue weighted by Crippen LogP contribution is 2.22. The van der Waals surface area contributed by atoms with E-state index < -0.39 is 12.1 Å². The largest absolute Gasteiger partial charge is 0.445 e. The molecule has 1 atom stereocenters. The zero-order valence-electron chi connectivity index (χ0n) is 21.9. The lowest BCUT2D eigenvalue weighted by atomic mass is 10.1. The van der Waals surface area contributed by atoms with Gasteiger partial charge in [-0.15, -0.1) is 0 Å². The van der Waals surface area contributed by atoms with Crippen molar-refractivity contribution in [2.24, 2.45) is 4.99 Å². The molecule has 7 nitrogen and oxygen atoms in total. The van der Waals surface area contributed by atoms with E-state index in [-0.39, 0.29) is 12.5 Å². The van der Waals surface area contributed by atoms with Crippen LogP contribution in [0.25, 0.3) is 10.8 Å². The molecule has 0 aromatic heterocycles. The van der Waals surface area contributed by atoms with Crippen LogP contribution in [0.4, 0.5) is 16.2 Å². The van der Waals surface area contributed by atoms with E-state index in [9.17, 15) is 9.59 Å². The molecule has 3 aromatic rings. The van der Waals surface area contributed by atoms with E-state index in [2.05, 4.69) is 46.5 Å². The molecule has 2 amide bonds. The normalized spacial score (nSPS) is 15.6. The molecular formula is C31H34N4O3. The number of hydrogen-bond acceptors (Lipinski definition) is 4. The number of nitrogens with one attached hydrogen (secondary N) is 2. The van der Waals surface area contributed by atoms with Crippen LogP contribution in [0.3, 0.4) is 0 Å². The topological polar surface area (TPSA) is 83.0 Å². The summed E-state index contributed by atoms with van der Waals surface area (Å²) < 4.78 is 5.34. The molecule has 7 heteroatoms. The maximum absolute atomic E-state index is 13.0. The molecule has 1 saturated heterocycles. The van der Waals surface area contributed by atoms with Crippen molar-refractivity contribution in [1.29, 1.82) is 0 Å². The van der Waals surface area contributed by atoms with Crippen molar-refractivity contribution in [1.82, 2.24) is 4.90 Å². The Hall–Kier alpha value is -4.39. The van der Waals surface area contributed by atoms with Crippen molar-refractivity contribution in [2.45, 2.75) is 32.2 Å². The second-order valence-corrected chi connectivity index (χ2v) is 9.28. The molecule has 4 rings (SSSR count). The maximum atomic E-state index is 13.0. The van der Waals surface area contributed by atoms with Gasteiger partial charge in [-0.05, 0) is 65.9 Å². The summed E-state index contributed by atoms with van der Waals surface area (Å²) in [6, 6.07) is 21.6. The Labute approximate surface area is 223 Å². The first-order valence-electron chi connectivity index (χ1n) is 12.8. The highest BCUT2D eigenvalue weighted by molar-refractivity contribution is 5.99. The number of rotatable bonds is 8. The molecular weight excluding hydrogens is 476 g/mol. The zero-order valence-corrected chi connectivity index (χ0v) is 21.9. The van der Waals surface area contributed by atoms with Gasteiger partial charge in [0, 0.05) is 31.4 Å². The Balaban J connectivity index is 1.32. The van der Waals surface area contributed by atoms with Gasteiger partial charge in [0.1, 0.15) is 18.5 Å². The number of allylic oxidation sites excluding steroid dienone is 1. The van der Waals surface area contributed by atoms with E-state index in [1.54, 1.807) is 13.1 Å². The van der Waals surface area contributed by atoms with Gasteiger partial charge in [-0.25, -0.2) is 4.79 Å². The number of ether oxygens (including phenoxy) is 1. The fourth-order valence-corrected chi connectivity index (χ4v) is 4.52. The summed E-state index contributed by atoms with van der Waals surface area (Å²) in [7, 11) is 1.77. The fourth-order valence-electron chi connectivity index (χ4n) is 4.52. The molecule has 0 bridgehead atoms. The monoisotopic (exact) mass is 510 g/mol. The quantitative estimate of drug-likeness (QED) is 0.215. The molecule has 3 aromatic carbocycles. The van der Waals surface area contributed by atoms with Gasteiger partial charge >= 0.3 is 6.09 Å². The Morgan fingerprint density at radius 1 is 1.05 bits per heavy atom. The average Bonchev–Trinajstić information content (AvgIpc) is 3.43. The van der Waals surface area contributed by atoms with Crippen LogP contribution in [-0.2, 0) is 16.0 Å². The lowest BCUT2D eigenvalue weighted by molar-refractivity contribution is -0.120. The van der Waals surface area contributed by atoms with Crippen molar-refractivity contribution in [2.75, 3.05) is 30.8 Å². The highest BCUT2D eigenvalue weighted by atomic mass is 16.6. The molecule has 0 saturated carbocycles. The van der Waals surface area contributed by atoms with Crippen LogP contribution >= 0.6 is 0 Å². The zero-order chi connectivity index (χ0) is 26.9. The van der Waals surface area contributed by atoms with E-state index in [0.29, 0.717) is 30.6 Å². The summed E-state index contributed by atoms with van der Waals surface area (Å²) in [5.74, 6) is 0.627. The number of nitrogens with zero attached hydrogens (tertiary/aromatic N) is 2. The molecule has 0 aliphatic carbocycles. The third-order valence-corrected chi connectivity index (χ3v) is 6.47. The summed E-state index contributed by atoms with van der Waals surface area (Å²) in [5.41, 5.74) is 3.42. The number of benzene rings is 3. The van der Waals surface area contributed by atoms with Gasteiger partial charge < -0.3 is 15.4 Å². The Bertz CT molecular complexity index is 1360. The molecule has 2 N–H and O–H groups in total. The summed E-state index contributed by atoms with van der Waals surface area (Å²) >= 11 is 0. The summed E-state index contributed by atoms with van der Waals surface area (Å²) in [5, 5.41) is 8.72. The van der Waals surface area contributed by atoms with Crippen molar-refractivity contribution in [3.8, 4) is 0 Å². The van der Waals surface area contributed by atoms with Gasteiger partial charge in [0.05, 0.1) is 0 Å². The second-order valence-electron chi connectivity index (χ2n) is 9.28. The summed E-state index contributed by atoms with van der Waals surface area (Å²) in [4.78, 5) is 31.4. The number of carbonyl (C=O) groups is 2. The molecule has 1 aliphatic heterocycles. The number of aliphatic imine (C=N–C) groups is 1. The molecule has 1 aliphatic rings. The Morgan fingerprint density at radius 3 is 2.53 bits per heavy atom. The lowest BCUT2D eigenvalue weighted by Crippen LogP contribution is -2.43. The lowest BCUT2D eigenvalue weighted by Gasteiger charge is -2.23. The fraction of sp³-hybridized carbons (Fsp3) is 0.258. The predicted molar refractivity (Wildman–Crippen MR) is 155 cm³/mol. The summed E-state index contributed by atoms with van der Waals surface area (Å²) in [6.45, 7) is 6.32. The van der Waals surface area contributed by atoms with Crippen molar-refractivity contribution in [3.05, 3.63) is 96.6 Å². The van der Waals surface area contributed by atoms with Crippen molar-refractivity contribution in [3.63, 3.8) is 0 Å². The average molecular weight is 511 g/mol. The molecule has 38 heavy (non-hydrogen) atoms. The third-order valence-electron chi connectivity index (χ3n) is 6.47. The van der Waals surface area contributed by atoms with Crippen LogP contribution in [0.2, 0.25) is 0 Å². The first-order valence-corrected chi connectivity index (χ1v) is 12.8. The third kappa shape index (κ3) is 6.88. The first kappa shape index (κ1) is 26.7. The number of anilines is 2. The van der Waals surface area contributed by atoms with Gasteiger partial charge in [-0.2, -0.15) is 0 Å². The van der Waals surface area contributed by atoms with E-state index >= 15 is 0 Å². The minimum atomic E-state index is -0.554. The van der Waals surface area contributed by atoms with Crippen molar-refractivity contribution >= 4 is 40.0 Å².